The Morgan fingerprint density at radius 1 is 1.08 bits per heavy atom. The minimum Gasteiger partial charge on any atom is -0.323 e. The van der Waals surface area contributed by atoms with Crippen molar-refractivity contribution in [3.05, 3.63) is 64.7 Å². The van der Waals surface area contributed by atoms with Gasteiger partial charge < -0.3 is 5.32 Å². The molecule has 7 heteroatoms. The number of nitrogens with one attached hydrogen (secondary N) is 2. The number of alkyl halides is 3. The van der Waals surface area contributed by atoms with E-state index in [9.17, 15) is 18.0 Å². The largest absolute Gasteiger partial charge is 0.416 e. The molecule has 3 nitrogen and oxygen atoms in total. The van der Waals surface area contributed by atoms with E-state index >= 15 is 0 Å². The van der Waals surface area contributed by atoms with Crippen LogP contribution in [0.1, 0.15) is 31.0 Å². The van der Waals surface area contributed by atoms with Gasteiger partial charge in [0.25, 0.3) is 0 Å². The highest BCUT2D eigenvalue weighted by Gasteiger charge is 2.31. The molecule has 2 rings (SSSR count). The van der Waals surface area contributed by atoms with Crippen LogP contribution in [0.3, 0.4) is 0 Å². The summed E-state index contributed by atoms with van der Waals surface area (Å²) >= 11 is 5.94. The zero-order valence-electron chi connectivity index (χ0n) is 13.7. The van der Waals surface area contributed by atoms with Gasteiger partial charge in [0, 0.05) is 6.04 Å². The maximum absolute atomic E-state index is 12.9. The molecule has 0 aliphatic carbocycles. The molecule has 0 heterocycles. The van der Waals surface area contributed by atoms with Crippen LogP contribution in [0.25, 0.3) is 0 Å². The molecule has 0 radical (unpaired) electrons. The van der Waals surface area contributed by atoms with Crippen LogP contribution in [-0.4, -0.2) is 11.9 Å². The van der Waals surface area contributed by atoms with E-state index in [4.69, 9.17) is 11.6 Å². The Labute approximate surface area is 149 Å². The average molecular weight is 371 g/mol. The molecule has 0 fully saturated rings. The second-order valence-corrected chi connectivity index (χ2v) is 6.25. The van der Waals surface area contributed by atoms with Gasteiger partial charge >= 0.3 is 6.18 Å². The molecule has 1 amide bonds. The first-order chi connectivity index (χ1) is 11.7. The van der Waals surface area contributed by atoms with Gasteiger partial charge in [0.05, 0.1) is 16.3 Å². The quantitative estimate of drug-likeness (QED) is 0.774. The first-order valence-electron chi connectivity index (χ1n) is 7.67. The van der Waals surface area contributed by atoms with Crippen LogP contribution in [0.2, 0.25) is 5.02 Å². The summed E-state index contributed by atoms with van der Waals surface area (Å²) in [5, 5.41) is 5.64. The third kappa shape index (κ3) is 5.21. The molecule has 134 valence electrons. The van der Waals surface area contributed by atoms with Gasteiger partial charge in [-0.25, -0.2) is 0 Å². The Bertz CT molecular complexity index is 733. The number of amides is 1. The summed E-state index contributed by atoms with van der Waals surface area (Å²) in [6.07, 6.45) is -4.51. The molecule has 0 spiro atoms. The van der Waals surface area contributed by atoms with Gasteiger partial charge in [-0.1, -0.05) is 41.9 Å². The maximum atomic E-state index is 12.9. The molecule has 2 aromatic rings. The molecule has 0 aromatic heterocycles. The Hall–Kier alpha value is -2.05. The average Bonchev–Trinajstić information content (AvgIpc) is 2.54. The Balaban J connectivity index is 2.29. The zero-order valence-corrected chi connectivity index (χ0v) is 14.4. The fourth-order valence-corrected chi connectivity index (χ4v) is 2.47. The summed E-state index contributed by atoms with van der Waals surface area (Å²) in [4.78, 5) is 12.6. The van der Waals surface area contributed by atoms with Gasteiger partial charge in [-0.05, 0) is 37.6 Å². The monoisotopic (exact) mass is 370 g/mol. The molecule has 0 saturated heterocycles. The van der Waals surface area contributed by atoms with E-state index in [0.29, 0.717) is 5.56 Å². The number of carbonyl (C=O) groups is 1. The lowest BCUT2D eigenvalue weighted by molar-refractivity contribution is -0.137. The summed E-state index contributed by atoms with van der Waals surface area (Å²) in [7, 11) is 0. The molecule has 2 aromatic carbocycles. The predicted molar refractivity (Wildman–Crippen MR) is 92.5 cm³/mol. The Kier molecular flexibility index (Phi) is 6.08. The topological polar surface area (TPSA) is 41.1 Å². The van der Waals surface area contributed by atoms with Crippen LogP contribution < -0.4 is 10.6 Å². The number of carbonyl (C=O) groups excluding carboxylic acids is 1. The molecule has 1 atom stereocenters. The van der Waals surface area contributed by atoms with Gasteiger partial charge in [-0.2, -0.15) is 13.2 Å². The summed E-state index contributed by atoms with van der Waals surface area (Å²) in [6, 6.07) is 11.0. The van der Waals surface area contributed by atoms with Crippen molar-refractivity contribution in [3.8, 4) is 0 Å². The SMILES string of the molecule is CC(C)NC(C(=O)Nc1cc(C(F)(F)F)ccc1Cl)c1ccccc1. The van der Waals surface area contributed by atoms with Gasteiger partial charge in [0.2, 0.25) is 5.91 Å². The standard InChI is InChI=1S/C18H18ClF3N2O/c1-11(2)23-16(12-6-4-3-5-7-12)17(25)24-15-10-13(18(20,21)22)8-9-14(15)19/h3-11,16,23H,1-2H3,(H,24,25). The molecular formula is C18H18ClF3N2O. The number of hydrogen-bond donors (Lipinski definition) is 2. The number of rotatable bonds is 5. The van der Waals surface area contributed by atoms with Gasteiger partial charge in [0.15, 0.2) is 0 Å². The summed E-state index contributed by atoms with van der Waals surface area (Å²) in [6.45, 7) is 3.75. The number of hydrogen-bond acceptors (Lipinski definition) is 2. The summed E-state index contributed by atoms with van der Waals surface area (Å²) in [5.74, 6) is -0.485. The highest BCUT2D eigenvalue weighted by Crippen LogP contribution is 2.34. The predicted octanol–water partition coefficient (Wildman–Crippen LogP) is 5.04. The molecule has 1 unspecified atom stereocenters. The van der Waals surface area contributed by atoms with Gasteiger partial charge in [-0.15, -0.1) is 0 Å². The Morgan fingerprint density at radius 2 is 1.72 bits per heavy atom. The first-order valence-corrected chi connectivity index (χ1v) is 8.05. The van der Waals surface area contributed by atoms with E-state index in [-0.39, 0.29) is 16.8 Å². The van der Waals surface area contributed by atoms with Crippen molar-refractivity contribution in [1.82, 2.24) is 5.32 Å². The molecule has 0 bridgehead atoms. The molecule has 0 aliphatic rings. The van der Waals surface area contributed by atoms with E-state index in [2.05, 4.69) is 10.6 Å². The number of halogens is 4. The third-order valence-corrected chi connectivity index (χ3v) is 3.78. The summed E-state index contributed by atoms with van der Waals surface area (Å²) in [5.41, 5.74) is -0.245. The maximum Gasteiger partial charge on any atom is 0.416 e. The third-order valence-electron chi connectivity index (χ3n) is 3.45. The smallest absolute Gasteiger partial charge is 0.323 e. The minimum atomic E-state index is -4.51. The fourth-order valence-electron chi connectivity index (χ4n) is 2.30. The van der Waals surface area contributed by atoms with Crippen LogP contribution in [-0.2, 0) is 11.0 Å². The normalized spacial score (nSPS) is 12.9. The van der Waals surface area contributed by atoms with E-state index in [1.807, 2.05) is 19.9 Å². The van der Waals surface area contributed by atoms with Crippen LogP contribution in [0, 0.1) is 0 Å². The van der Waals surface area contributed by atoms with E-state index in [0.717, 1.165) is 18.2 Å². The molecule has 0 aliphatic heterocycles. The van der Waals surface area contributed by atoms with E-state index in [1.165, 1.54) is 0 Å². The molecule has 2 N–H and O–H groups in total. The van der Waals surface area contributed by atoms with Gasteiger partial charge in [-0.3, -0.25) is 10.1 Å². The van der Waals surface area contributed by atoms with Crippen molar-refractivity contribution in [2.45, 2.75) is 32.1 Å². The van der Waals surface area contributed by atoms with Crippen molar-refractivity contribution < 1.29 is 18.0 Å². The van der Waals surface area contributed by atoms with E-state index in [1.54, 1.807) is 24.3 Å². The first kappa shape index (κ1) is 19.3. The van der Waals surface area contributed by atoms with Crippen LogP contribution >= 0.6 is 11.6 Å². The highest BCUT2D eigenvalue weighted by atomic mass is 35.5. The highest BCUT2D eigenvalue weighted by molar-refractivity contribution is 6.33. The van der Waals surface area contributed by atoms with E-state index < -0.39 is 23.7 Å². The zero-order chi connectivity index (χ0) is 18.6. The minimum absolute atomic E-state index is 0.00654. The van der Waals surface area contributed by atoms with Crippen molar-refractivity contribution in [3.63, 3.8) is 0 Å². The lowest BCUT2D eigenvalue weighted by atomic mass is 10.0. The van der Waals surface area contributed by atoms with Crippen molar-refractivity contribution in [2.75, 3.05) is 5.32 Å². The van der Waals surface area contributed by atoms with Crippen LogP contribution in [0.5, 0.6) is 0 Å². The number of benzene rings is 2. The summed E-state index contributed by atoms with van der Waals surface area (Å²) < 4.78 is 38.6. The fraction of sp³-hybridized carbons (Fsp3) is 0.278. The number of anilines is 1. The van der Waals surface area contributed by atoms with Gasteiger partial charge in [0.1, 0.15) is 6.04 Å². The van der Waals surface area contributed by atoms with Crippen molar-refractivity contribution in [1.29, 1.82) is 0 Å². The molecular weight excluding hydrogens is 353 g/mol. The molecule has 25 heavy (non-hydrogen) atoms. The lowest BCUT2D eigenvalue weighted by Crippen LogP contribution is -2.37. The second kappa shape index (κ2) is 7.89. The van der Waals surface area contributed by atoms with Crippen molar-refractivity contribution in [2.24, 2.45) is 0 Å². The van der Waals surface area contributed by atoms with Crippen LogP contribution in [0.4, 0.5) is 18.9 Å². The molecule has 0 saturated carbocycles. The van der Waals surface area contributed by atoms with Crippen LogP contribution in [0.15, 0.2) is 48.5 Å². The Morgan fingerprint density at radius 3 is 2.28 bits per heavy atom. The second-order valence-electron chi connectivity index (χ2n) is 5.85. The van der Waals surface area contributed by atoms with Crippen molar-refractivity contribution >= 4 is 23.2 Å². The lowest BCUT2D eigenvalue weighted by Gasteiger charge is -2.22.